The second-order valence-electron chi connectivity index (χ2n) is 3.52. The van der Waals surface area contributed by atoms with E-state index in [4.69, 9.17) is 4.74 Å². The van der Waals surface area contributed by atoms with Gasteiger partial charge in [-0.1, -0.05) is 0 Å². The van der Waals surface area contributed by atoms with Gasteiger partial charge in [-0.25, -0.2) is 4.98 Å². The Kier molecular flexibility index (Phi) is 2.55. The Morgan fingerprint density at radius 1 is 1.44 bits per heavy atom. The van der Waals surface area contributed by atoms with Crippen molar-refractivity contribution in [3.05, 3.63) is 18.3 Å². The molecule has 0 radical (unpaired) electrons. The van der Waals surface area contributed by atoms with Crippen LogP contribution in [0.5, 0.6) is 0 Å². The number of hydrogen-bond donors (Lipinski definition) is 1. The van der Waals surface area contributed by atoms with Crippen molar-refractivity contribution in [2.24, 2.45) is 4.40 Å². The first-order valence-electron chi connectivity index (χ1n) is 4.73. The zero-order valence-electron chi connectivity index (χ0n) is 8.84. The van der Waals surface area contributed by atoms with Crippen LogP contribution in [0.4, 0.5) is 5.69 Å². The van der Waals surface area contributed by atoms with E-state index in [0.717, 1.165) is 0 Å². The minimum atomic E-state index is -3.75. The first kappa shape index (κ1) is 10.9. The SMILES string of the molecule is CC(C)OC1=NS(=O)(=O)c2ncccc2N1. The quantitative estimate of drug-likeness (QED) is 0.792. The van der Waals surface area contributed by atoms with Gasteiger partial charge >= 0.3 is 16.0 Å². The zero-order chi connectivity index (χ0) is 11.8. The normalized spacial score (nSPS) is 17.3. The van der Waals surface area contributed by atoms with Gasteiger partial charge in [-0.05, 0) is 26.0 Å². The first-order valence-corrected chi connectivity index (χ1v) is 6.17. The van der Waals surface area contributed by atoms with E-state index < -0.39 is 10.0 Å². The fourth-order valence-corrected chi connectivity index (χ4v) is 2.24. The molecule has 0 atom stereocenters. The van der Waals surface area contributed by atoms with Crippen molar-refractivity contribution < 1.29 is 13.2 Å². The van der Waals surface area contributed by atoms with Gasteiger partial charge in [-0.3, -0.25) is 0 Å². The molecule has 1 aliphatic heterocycles. The molecule has 0 aliphatic carbocycles. The molecular formula is C9H11N3O3S. The van der Waals surface area contributed by atoms with Crippen molar-refractivity contribution in [1.82, 2.24) is 4.98 Å². The Balaban J connectivity index is 2.44. The molecule has 7 heteroatoms. The van der Waals surface area contributed by atoms with Crippen molar-refractivity contribution in [1.29, 1.82) is 0 Å². The van der Waals surface area contributed by atoms with E-state index in [2.05, 4.69) is 14.7 Å². The minimum Gasteiger partial charge on any atom is -0.462 e. The Morgan fingerprint density at radius 3 is 2.88 bits per heavy atom. The number of sulfonamides is 1. The van der Waals surface area contributed by atoms with Crippen LogP contribution < -0.4 is 5.32 Å². The third-order valence-corrected chi connectivity index (χ3v) is 3.03. The highest BCUT2D eigenvalue weighted by molar-refractivity contribution is 7.90. The number of fused-ring (bicyclic) bond motifs is 1. The predicted octanol–water partition coefficient (Wildman–Crippen LogP) is 0.977. The highest BCUT2D eigenvalue weighted by Crippen LogP contribution is 2.24. The summed E-state index contributed by atoms with van der Waals surface area (Å²) in [5, 5.41) is 2.69. The van der Waals surface area contributed by atoms with Crippen molar-refractivity contribution in [3.63, 3.8) is 0 Å². The standard InChI is InChI=1S/C9H11N3O3S/c1-6(2)15-9-11-7-4-3-5-10-8(7)16(13,14)12-9/h3-6H,1-2H3,(H,11,12). The van der Waals surface area contributed by atoms with Crippen LogP contribution in [0.1, 0.15) is 13.8 Å². The van der Waals surface area contributed by atoms with Gasteiger partial charge in [-0.2, -0.15) is 8.42 Å². The summed E-state index contributed by atoms with van der Waals surface area (Å²) in [6.07, 6.45) is 1.25. The summed E-state index contributed by atoms with van der Waals surface area (Å²) in [6.45, 7) is 3.57. The first-order chi connectivity index (χ1) is 7.49. The number of rotatable bonds is 1. The van der Waals surface area contributed by atoms with Crippen LogP contribution in [0.15, 0.2) is 27.8 Å². The number of amidine groups is 1. The number of pyridine rings is 1. The molecule has 0 bridgehead atoms. The average Bonchev–Trinajstić information content (AvgIpc) is 2.15. The van der Waals surface area contributed by atoms with E-state index in [1.165, 1.54) is 6.20 Å². The smallest absolute Gasteiger partial charge is 0.306 e. The van der Waals surface area contributed by atoms with Crippen LogP contribution in [-0.4, -0.2) is 25.5 Å². The monoisotopic (exact) mass is 241 g/mol. The van der Waals surface area contributed by atoms with Crippen LogP contribution >= 0.6 is 0 Å². The molecule has 0 spiro atoms. The van der Waals surface area contributed by atoms with Crippen LogP contribution in [0.3, 0.4) is 0 Å². The maximum absolute atomic E-state index is 11.7. The van der Waals surface area contributed by atoms with Gasteiger partial charge in [0.1, 0.15) is 0 Å². The molecule has 16 heavy (non-hydrogen) atoms. The lowest BCUT2D eigenvalue weighted by Crippen LogP contribution is -2.26. The van der Waals surface area contributed by atoms with E-state index in [1.807, 2.05) is 0 Å². The number of anilines is 1. The van der Waals surface area contributed by atoms with Gasteiger partial charge in [0.15, 0.2) is 0 Å². The third kappa shape index (κ3) is 1.99. The fraction of sp³-hybridized carbons (Fsp3) is 0.333. The maximum Gasteiger partial charge on any atom is 0.306 e. The Hall–Kier alpha value is -1.63. The average molecular weight is 241 g/mol. The lowest BCUT2D eigenvalue weighted by atomic mass is 10.4. The van der Waals surface area contributed by atoms with Gasteiger partial charge in [-0.15, -0.1) is 4.40 Å². The molecule has 0 fully saturated rings. The highest BCUT2D eigenvalue weighted by atomic mass is 32.2. The molecule has 1 aliphatic rings. The molecule has 1 N–H and O–H groups in total. The topological polar surface area (TPSA) is 80.7 Å². The van der Waals surface area contributed by atoms with Gasteiger partial charge in [0.25, 0.3) is 0 Å². The fourth-order valence-electron chi connectivity index (χ4n) is 1.26. The number of nitrogens with zero attached hydrogens (tertiary/aromatic N) is 2. The van der Waals surface area contributed by atoms with E-state index in [1.54, 1.807) is 26.0 Å². The number of nitrogens with one attached hydrogen (secondary N) is 1. The zero-order valence-corrected chi connectivity index (χ0v) is 9.65. The molecule has 6 nitrogen and oxygen atoms in total. The van der Waals surface area contributed by atoms with E-state index in [9.17, 15) is 8.42 Å². The number of ether oxygens (including phenoxy) is 1. The molecule has 0 amide bonds. The number of aromatic nitrogens is 1. The molecule has 1 aromatic heterocycles. The molecule has 0 saturated carbocycles. The van der Waals surface area contributed by atoms with Crippen LogP contribution in [0.2, 0.25) is 0 Å². The molecule has 2 heterocycles. The summed E-state index contributed by atoms with van der Waals surface area (Å²) in [7, 11) is -3.75. The summed E-state index contributed by atoms with van der Waals surface area (Å²) in [6, 6.07) is 3.23. The summed E-state index contributed by atoms with van der Waals surface area (Å²) in [5.74, 6) is 0. The maximum atomic E-state index is 11.7. The molecule has 0 aromatic carbocycles. The van der Waals surface area contributed by atoms with E-state index in [0.29, 0.717) is 5.69 Å². The Morgan fingerprint density at radius 2 is 2.19 bits per heavy atom. The third-order valence-electron chi connectivity index (χ3n) is 1.81. The molecular weight excluding hydrogens is 230 g/mol. The largest absolute Gasteiger partial charge is 0.462 e. The van der Waals surface area contributed by atoms with Crippen molar-refractivity contribution in [2.75, 3.05) is 5.32 Å². The highest BCUT2D eigenvalue weighted by Gasteiger charge is 2.27. The van der Waals surface area contributed by atoms with Crippen LogP contribution in [-0.2, 0) is 14.8 Å². The summed E-state index contributed by atoms with van der Waals surface area (Å²) in [5.41, 5.74) is 0.383. The van der Waals surface area contributed by atoms with Gasteiger partial charge in [0, 0.05) is 6.20 Å². The van der Waals surface area contributed by atoms with E-state index in [-0.39, 0.29) is 17.2 Å². The lowest BCUT2D eigenvalue weighted by Gasteiger charge is -2.18. The summed E-state index contributed by atoms with van der Waals surface area (Å²) < 4.78 is 32.1. The van der Waals surface area contributed by atoms with Gasteiger partial charge < -0.3 is 10.1 Å². The van der Waals surface area contributed by atoms with Crippen molar-refractivity contribution in [2.45, 2.75) is 25.0 Å². The Labute approximate surface area is 93.4 Å². The second kappa shape index (κ2) is 3.75. The van der Waals surface area contributed by atoms with Gasteiger partial charge in [0.05, 0.1) is 11.8 Å². The van der Waals surface area contributed by atoms with Crippen LogP contribution in [0.25, 0.3) is 0 Å². The molecule has 2 rings (SSSR count). The molecule has 0 saturated heterocycles. The molecule has 1 aromatic rings. The molecule has 0 unspecified atom stereocenters. The van der Waals surface area contributed by atoms with Gasteiger partial charge in [0.2, 0.25) is 5.03 Å². The summed E-state index contributed by atoms with van der Waals surface area (Å²) >= 11 is 0. The second-order valence-corrected chi connectivity index (χ2v) is 5.04. The van der Waals surface area contributed by atoms with Crippen molar-refractivity contribution >= 4 is 21.7 Å². The minimum absolute atomic E-state index is 0.0181. The lowest BCUT2D eigenvalue weighted by molar-refractivity contribution is 0.228. The molecule has 86 valence electrons. The Bertz CT molecular complexity index is 537. The van der Waals surface area contributed by atoms with E-state index >= 15 is 0 Å². The van der Waals surface area contributed by atoms with Crippen LogP contribution in [0, 0.1) is 0 Å². The van der Waals surface area contributed by atoms with Crippen molar-refractivity contribution in [3.8, 4) is 0 Å². The predicted molar refractivity (Wildman–Crippen MR) is 58.7 cm³/mol. The summed E-state index contributed by atoms with van der Waals surface area (Å²) in [4.78, 5) is 3.77. The number of hydrogen-bond acceptors (Lipinski definition) is 5.